The van der Waals surface area contributed by atoms with E-state index in [0.717, 1.165) is 42.0 Å². The fourth-order valence-electron chi connectivity index (χ4n) is 3.09. The summed E-state index contributed by atoms with van der Waals surface area (Å²) in [7, 11) is 0. The monoisotopic (exact) mass is 348 g/mol. The third-order valence-electron chi connectivity index (χ3n) is 4.40. The van der Waals surface area contributed by atoms with Crippen LogP contribution in [0.2, 0.25) is 5.02 Å². The van der Waals surface area contributed by atoms with Gasteiger partial charge in [-0.3, -0.25) is 4.90 Å². The summed E-state index contributed by atoms with van der Waals surface area (Å²) in [6, 6.07) is 16.8. The molecule has 4 heteroatoms. The zero-order valence-electron chi connectivity index (χ0n) is 13.6. The average Bonchev–Trinajstić information content (AvgIpc) is 2.58. The Morgan fingerprint density at radius 1 is 0.870 bits per heavy atom. The minimum Gasteiger partial charge on any atom is -1.00 e. The summed E-state index contributed by atoms with van der Waals surface area (Å²) < 4.78 is 2.40. The maximum absolute atomic E-state index is 6.64. The quantitative estimate of drug-likeness (QED) is 0.497. The normalized spacial score (nSPS) is 11.1. The minimum absolute atomic E-state index is 0. The maximum atomic E-state index is 6.64. The van der Waals surface area contributed by atoms with Gasteiger partial charge in [-0.25, -0.2) is 0 Å². The number of nitrogens with zero attached hydrogens (tertiary/aromatic N) is 2. The van der Waals surface area contributed by atoms with Gasteiger partial charge in [-0.15, -0.1) is 0 Å². The summed E-state index contributed by atoms with van der Waals surface area (Å²) in [5, 5.41) is 3.11. The van der Waals surface area contributed by atoms with E-state index in [0.29, 0.717) is 0 Å². The third kappa shape index (κ3) is 3.45. The largest absolute Gasteiger partial charge is 1.00 e. The summed E-state index contributed by atoms with van der Waals surface area (Å²) in [5.41, 5.74) is 2.41. The van der Waals surface area contributed by atoms with Gasteiger partial charge in [-0.1, -0.05) is 49.7 Å². The highest BCUT2D eigenvalue weighted by Gasteiger charge is 2.19. The molecule has 0 fully saturated rings. The zero-order valence-corrected chi connectivity index (χ0v) is 15.1. The van der Waals surface area contributed by atoms with Crippen LogP contribution >= 0.6 is 11.6 Å². The lowest BCUT2D eigenvalue weighted by Gasteiger charge is -2.16. The first kappa shape index (κ1) is 18.0. The molecule has 0 spiro atoms. The molecule has 0 N–H and O–H groups in total. The summed E-state index contributed by atoms with van der Waals surface area (Å²) in [6.45, 7) is 8.62. The fraction of sp³-hybridized carbons (Fsp3) is 0.316. The van der Waals surface area contributed by atoms with Gasteiger partial charge in [0.05, 0.1) is 22.3 Å². The van der Waals surface area contributed by atoms with Crippen molar-refractivity contribution in [3.63, 3.8) is 0 Å². The Morgan fingerprint density at radius 2 is 1.35 bits per heavy atom. The number of halogens is 2. The van der Waals surface area contributed by atoms with Gasteiger partial charge in [0.15, 0.2) is 6.54 Å². The van der Waals surface area contributed by atoms with E-state index < -0.39 is 0 Å². The van der Waals surface area contributed by atoms with Crippen molar-refractivity contribution in [2.75, 3.05) is 19.6 Å². The molecule has 1 aromatic heterocycles. The Balaban J connectivity index is 0.00000192. The zero-order chi connectivity index (χ0) is 15.5. The van der Waals surface area contributed by atoms with Gasteiger partial charge in [0, 0.05) is 12.1 Å². The first-order valence-electron chi connectivity index (χ1n) is 7.97. The van der Waals surface area contributed by atoms with Crippen LogP contribution in [0.15, 0.2) is 48.5 Å². The number of aromatic nitrogens is 1. The van der Waals surface area contributed by atoms with Gasteiger partial charge in [0.1, 0.15) is 0 Å². The highest BCUT2D eigenvalue weighted by Crippen LogP contribution is 2.28. The van der Waals surface area contributed by atoms with Crippen molar-refractivity contribution in [3.05, 3.63) is 53.6 Å². The first-order valence-corrected chi connectivity index (χ1v) is 8.35. The van der Waals surface area contributed by atoms with Gasteiger partial charge in [0.2, 0.25) is 11.0 Å². The van der Waals surface area contributed by atoms with Gasteiger partial charge in [-0.2, -0.15) is 4.57 Å². The molecule has 0 aliphatic heterocycles. The number of hydrogen-bond donors (Lipinski definition) is 0. The number of fused-ring (bicyclic) bond motifs is 2. The predicted octanol–water partition coefficient (Wildman–Crippen LogP) is 1.28. The summed E-state index contributed by atoms with van der Waals surface area (Å²) in [6.07, 6.45) is 0. The number of benzene rings is 2. The molecule has 0 bridgehead atoms. The molecule has 0 amide bonds. The Labute approximate surface area is 149 Å². The lowest BCUT2D eigenvalue weighted by Crippen LogP contribution is -3.00. The third-order valence-corrected chi connectivity index (χ3v) is 4.80. The molecule has 23 heavy (non-hydrogen) atoms. The Morgan fingerprint density at radius 3 is 1.83 bits per heavy atom. The highest BCUT2D eigenvalue weighted by molar-refractivity contribution is 6.39. The van der Waals surface area contributed by atoms with Crippen LogP contribution in [0.4, 0.5) is 0 Å². The molecular weight excluding hydrogens is 327 g/mol. The number of hydrogen-bond acceptors (Lipinski definition) is 1. The molecule has 2 aromatic carbocycles. The van der Waals surface area contributed by atoms with Crippen LogP contribution in [0, 0.1) is 0 Å². The summed E-state index contributed by atoms with van der Waals surface area (Å²) >= 11 is 6.64. The minimum atomic E-state index is 0. The van der Waals surface area contributed by atoms with E-state index in [1.807, 2.05) is 0 Å². The molecule has 122 valence electrons. The second kappa shape index (κ2) is 7.96. The van der Waals surface area contributed by atoms with Crippen LogP contribution in [-0.2, 0) is 6.54 Å². The van der Waals surface area contributed by atoms with E-state index in [1.165, 1.54) is 11.0 Å². The molecular formula is C19H22Cl2N2. The number of rotatable bonds is 5. The molecule has 0 aliphatic carbocycles. The Kier molecular flexibility index (Phi) is 6.23. The number of para-hydroxylation sites is 2. The van der Waals surface area contributed by atoms with Gasteiger partial charge < -0.3 is 12.4 Å². The van der Waals surface area contributed by atoms with Crippen LogP contribution in [0.3, 0.4) is 0 Å². The predicted molar refractivity (Wildman–Crippen MR) is 94.4 cm³/mol. The van der Waals surface area contributed by atoms with Crippen LogP contribution < -0.4 is 17.0 Å². The van der Waals surface area contributed by atoms with E-state index in [9.17, 15) is 0 Å². The summed E-state index contributed by atoms with van der Waals surface area (Å²) in [5.74, 6) is 0. The molecule has 2 nitrogen and oxygen atoms in total. The van der Waals surface area contributed by atoms with Crippen molar-refractivity contribution < 1.29 is 17.0 Å². The van der Waals surface area contributed by atoms with Crippen LogP contribution in [0.5, 0.6) is 0 Å². The smallest absolute Gasteiger partial charge is 0.214 e. The molecule has 0 aliphatic rings. The molecule has 0 radical (unpaired) electrons. The van der Waals surface area contributed by atoms with Crippen LogP contribution in [0.25, 0.3) is 21.8 Å². The Hall–Kier alpha value is -1.35. The van der Waals surface area contributed by atoms with Crippen molar-refractivity contribution in [2.45, 2.75) is 20.4 Å². The molecule has 3 aromatic rings. The van der Waals surface area contributed by atoms with Crippen molar-refractivity contribution in [1.29, 1.82) is 0 Å². The van der Waals surface area contributed by atoms with E-state index in [4.69, 9.17) is 11.6 Å². The molecule has 0 unspecified atom stereocenters. The average molecular weight is 349 g/mol. The van der Waals surface area contributed by atoms with Crippen LogP contribution in [0.1, 0.15) is 13.8 Å². The summed E-state index contributed by atoms with van der Waals surface area (Å²) in [4.78, 5) is 2.45. The molecule has 0 saturated carbocycles. The Bertz CT molecular complexity index is 741. The highest BCUT2D eigenvalue weighted by atomic mass is 35.5. The van der Waals surface area contributed by atoms with Gasteiger partial charge in [-0.05, 0) is 25.2 Å². The maximum Gasteiger partial charge on any atom is 0.214 e. The van der Waals surface area contributed by atoms with E-state index in [1.54, 1.807) is 0 Å². The lowest BCUT2D eigenvalue weighted by molar-refractivity contribution is -0.645. The second-order valence-corrected chi connectivity index (χ2v) is 5.90. The van der Waals surface area contributed by atoms with Crippen molar-refractivity contribution in [1.82, 2.24) is 4.90 Å². The first-order chi connectivity index (χ1) is 10.8. The van der Waals surface area contributed by atoms with Gasteiger partial charge >= 0.3 is 0 Å². The molecule has 1 heterocycles. The van der Waals surface area contributed by atoms with Crippen LogP contribution in [-0.4, -0.2) is 24.5 Å². The number of pyridine rings is 1. The fourth-order valence-corrected chi connectivity index (χ4v) is 3.41. The van der Waals surface area contributed by atoms with Crippen molar-refractivity contribution in [2.24, 2.45) is 0 Å². The van der Waals surface area contributed by atoms with E-state index in [2.05, 4.69) is 71.8 Å². The standard InChI is InChI=1S/C19H22ClN2.ClH/c1-3-21(4-2)13-14-22-17-11-7-5-9-15(17)19(20)16-10-6-8-12-18(16)22;/h5-12H,3-4,13-14H2,1-2H3;1H/q+1;/p-1. The lowest BCUT2D eigenvalue weighted by atomic mass is 10.1. The van der Waals surface area contributed by atoms with Crippen molar-refractivity contribution in [3.8, 4) is 0 Å². The topological polar surface area (TPSA) is 7.12 Å². The van der Waals surface area contributed by atoms with E-state index >= 15 is 0 Å². The molecule has 0 saturated heterocycles. The molecule has 0 atom stereocenters. The number of likely N-dealkylation sites (N-methyl/N-ethyl adjacent to an activating group) is 1. The second-order valence-electron chi connectivity index (χ2n) is 5.53. The van der Waals surface area contributed by atoms with E-state index in [-0.39, 0.29) is 12.4 Å². The van der Waals surface area contributed by atoms with Crippen molar-refractivity contribution >= 4 is 33.4 Å². The van der Waals surface area contributed by atoms with Gasteiger partial charge in [0.25, 0.3) is 0 Å². The molecule has 3 rings (SSSR count). The SMILES string of the molecule is CCN(CC)CC[n+]1c2ccccc2c(Cl)c2ccccc21.[Cl-].